The fraction of sp³-hybridized carbons (Fsp3) is 0.391. The molecular weight excluding hydrogens is 435 g/mol. The Labute approximate surface area is 196 Å². The first kappa shape index (κ1) is 27.1. The van der Waals surface area contributed by atoms with Crippen LogP contribution in [0.3, 0.4) is 0 Å². The summed E-state index contributed by atoms with van der Waals surface area (Å²) in [6, 6.07) is 16.7. The molecule has 2 amide bonds. The van der Waals surface area contributed by atoms with Crippen LogP contribution >= 0.6 is 24.8 Å². The maximum Gasteiger partial charge on any atom is 0.243 e. The molecule has 1 aliphatic heterocycles. The van der Waals surface area contributed by atoms with Crippen LogP contribution in [0.1, 0.15) is 29.5 Å². The molecule has 0 aromatic heterocycles. The van der Waals surface area contributed by atoms with E-state index >= 15 is 0 Å². The number of amides is 2. The molecule has 5 N–H and O–H groups in total. The molecule has 1 aliphatic rings. The Hall–Kier alpha value is -1.96. The molecule has 0 radical (unpaired) electrons. The van der Waals surface area contributed by atoms with Gasteiger partial charge in [-0.3, -0.25) is 19.8 Å². The number of hydrogen-bond acceptors (Lipinski definition) is 5. The molecule has 2 aromatic rings. The number of carbonyl (C=O) groups is 2. The van der Waals surface area contributed by atoms with Crippen LogP contribution in [-0.4, -0.2) is 41.9 Å². The number of halogens is 2. The first-order valence-electron chi connectivity index (χ1n) is 10.2. The second kappa shape index (κ2) is 13.5. The van der Waals surface area contributed by atoms with Gasteiger partial charge in [-0.1, -0.05) is 54.6 Å². The molecule has 1 heterocycles. The normalized spacial score (nSPS) is 16.6. The van der Waals surface area contributed by atoms with Gasteiger partial charge in [-0.2, -0.15) is 0 Å². The van der Waals surface area contributed by atoms with Crippen molar-refractivity contribution in [2.75, 3.05) is 13.1 Å². The minimum Gasteiger partial charge on any atom is -0.330 e. The van der Waals surface area contributed by atoms with Gasteiger partial charge in [0, 0.05) is 6.54 Å². The maximum absolute atomic E-state index is 12.8. The van der Waals surface area contributed by atoms with Crippen LogP contribution in [0.5, 0.6) is 0 Å². The van der Waals surface area contributed by atoms with Gasteiger partial charge in [-0.25, -0.2) is 0 Å². The van der Waals surface area contributed by atoms with E-state index in [0.717, 1.165) is 31.4 Å². The molecule has 8 heteroatoms. The number of hydrogen-bond donors (Lipinski definition) is 3. The standard InChI is InChI=1S/C23H30N4O2.2ClH/c24-13-12-18-9-4-5-10-19(18)16-27-14-6-11-21(27)23(29)26-22(28)20(25)15-17-7-2-1-3-8-17;;/h1-5,7-10,20-21H,6,11-16,24-25H2,(H,26,28,29);2*1H/t20-,21+;;/m1../s1. The molecule has 1 saturated heterocycles. The lowest BCUT2D eigenvalue weighted by atomic mass is 10.0. The topological polar surface area (TPSA) is 101 Å². The number of nitrogens with two attached hydrogens (primary N) is 2. The summed E-state index contributed by atoms with van der Waals surface area (Å²) in [5, 5.41) is 2.53. The monoisotopic (exact) mass is 466 g/mol. The van der Waals surface area contributed by atoms with Gasteiger partial charge in [-0.05, 0) is 55.5 Å². The van der Waals surface area contributed by atoms with Crippen molar-refractivity contribution in [1.82, 2.24) is 10.2 Å². The summed E-state index contributed by atoms with van der Waals surface area (Å²) in [6.07, 6.45) is 2.89. The SMILES string of the molecule is Cl.Cl.NCCc1ccccc1CN1CCC[C@H]1C(=O)NC(=O)[C@H](N)Cc1ccccc1. The highest BCUT2D eigenvalue weighted by molar-refractivity contribution is 6.00. The number of nitrogens with one attached hydrogen (secondary N) is 1. The fourth-order valence-corrected chi connectivity index (χ4v) is 3.90. The van der Waals surface area contributed by atoms with E-state index in [4.69, 9.17) is 11.5 Å². The van der Waals surface area contributed by atoms with Crippen molar-refractivity contribution in [2.24, 2.45) is 11.5 Å². The average Bonchev–Trinajstić information content (AvgIpc) is 3.18. The Balaban J connectivity index is 0.00000240. The second-order valence-corrected chi connectivity index (χ2v) is 7.59. The molecule has 0 unspecified atom stereocenters. The molecule has 2 atom stereocenters. The van der Waals surface area contributed by atoms with Crippen LogP contribution in [0.4, 0.5) is 0 Å². The lowest BCUT2D eigenvalue weighted by Crippen LogP contribution is -2.50. The number of carbonyl (C=O) groups excluding carboxylic acids is 2. The number of likely N-dealkylation sites (tertiary alicyclic amines) is 1. The number of benzene rings is 2. The van der Waals surface area contributed by atoms with Crippen molar-refractivity contribution in [3.8, 4) is 0 Å². The second-order valence-electron chi connectivity index (χ2n) is 7.59. The Morgan fingerprint density at radius 2 is 1.68 bits per heavy atom. The van der Waals surface area contributed by atoms with Crippen molar-refractivity contribution in [3.05, 3.63) is 71.3 Å². The van der Waals surface area contributed by atoms with Crippen LogP contribution < -0.4 is 16.8 Å². The average molecular weight is 467 g/mol. The van der Waals surface area contributed by atoms with Crippen molar-refractivity contribution in [3.63, 3.8) is 0 Å². The van der Waals surface area contributed by atoms with Crippen molar-refractivity contribution in [2.45, 2.75) is 44.3 Å². The van der Waals surface area contributed by atoms with E-state index in [0.29, 0.717) is 19.5 Å². The van der Waals surface area contributed by atoms with Gasteiger partial charge in [0.2, 0.25) is 11.8 Å². The largest absolute Gasteiger partial charge is 0.330 e. The third-order valence-electron chi connectivity index (χ3n) is 5.45. The van der Waals surface area contributed by atoms with Crippen LogP contribution in [0.25, 0.3) is 0 Å². The van der Waals surface area contributed by atoms with E-state index in [-0.39, 0.29) is 36.8 Å². The predicted molar refractivity (Wildman–Crippen MR) is 128 cm³/mol. The zero-order valence-corrected chi connectivity index (χ0v) is 19.2. The third-order valence-corrected chi connectivity index (χ3v) is 5.45. The van der Waals surface area contributed by atoms with Gasteiger partial charge < -0.3 is 11.5 Å². The molecule has 3 rings (SSSR count). The highest BCUT2D eigenvalue weighted by atomic mass is 35.5. The Bertz CT molecular complexity index is 835. The summed E-state index contributed by atoms with van der Waals surface area (Å²) >= 11 is 0. The highest BCUT2D eigenvalue weighted by Crippen LogP contribution is 2.22. The summed E-state index contributed by atoms with van der Waals surface area (Å²) in [5.41, 5.74) is 15.1. The molecule has 0 spiro atoms. The summed E-state index contributed by atoms with van der Waals surface area (Å²) in [5.74, 6) is -0.679. The summed E-state index contributed by atoms with van der Waals surface area (Å²) in [4.78, 5) is 27.3. The predicted octanol–water partition coefficient (Wildman–Crippen LogP) is 2.21. The summed E-state index contributed by atoms with van der Waals surface area (Å²) < 4.78 is 0. The Morgan fingerprint density at radius 1 is 1.03 bits per heavy atom. The van der Waals surface area contributed by atoms with Gasteiger partial charge in [0.25, 0.3) is 0 Å². The molecule has 6 nitrogen and oxygen atoms in total. The first-order chi connectivity index (χ1) is 14.1. The van der Waals surface area contributed by atoms with Crippen LogP contribution in [-0.2, 0) is 29.0 Å². The fourth-order valence-electron chi connectivity index (χ4n) is 3.90. The highest BCUT2D eigenvalue weighted by Gasteiger charge is 2.32. The van der Waals surface area contributed by atoms with E-state index < -0.39 is 11.9 Å². The lowest BCUT2D eigenvalue weighted by molar-refractivity contribution is -0.133. The molecular formula is C23H32Cl2N4O2. The van der Waals surface area contributed by atoms with Gasteiger partial charge >= 0.3 is 0 Å². The first-order valence-corrected chi connectivity index (χ1v) is 10.2. The molecule has 0 saturated carbocycles. The van der Waals surface area contributed by atoms with Gasteiger partial charge in [0.05, 0.1) is 12.1 Å². The lowest BCUT2D eigenvalue weighted by Gasteiger charge is -2.25. The maximum atomic E-state index is 12.8. The molecule has 0 bridgehead atoms. The Kier molecular flexibility index (Phi) is 11.7. The number of rotatable bonds is 8. The quantitative estimate of drug-likeness (QED) is 0.553. The van der Waals surface area contributed by atoms with Gasteiger partial charge in [0.1, 0.15) is 0 Å². The van der Waals surface area contributed by atoms with E-state index in [2.05, 4.69) is 22.3 Å². The summed E-state index contributed by atoms with van der Waals surface area (Å²) in [6.45, 7) is 2.10. The van der Waals surface area contributed by atoms with Gasteiger partial charge in [0.15, 0.2) is 0 Å². The van der Waals surface area contributed by atoms with E-state index in [9.17, 15) is 9.59 Å². The van der Waals surface area contributed by atoms with Crippen LogP contribution in [0.15, 0.2) is 54.6 Å². The number of nitrogens with zero attached hydrogens (tertiary/aromatic N) is 1. The minimum absolute atomic E-state index is 0. The van der Waals surface area contributed by atoms with Crippen LogP contribution in [0, 0.1) is 0 Å². The molecule has 2 aromatic carbocycles. The smallest absolute Gasteiger partial charge is 0.243 e. The minimum atomic E-state index is -0.749. The zero-order valence-electron chi connectivity index (χ0n) is 17.5. The molecule has 1 fully saturated rings. The van der Waals surface area contributed by atoms with E-state index in [1.165, 1.54) is 11.1 Å². The zero-order chi connectivity index (χ0) is 20.6. The Morgan fingerprint density at radius 3 is 2.35 bits per heavy atom. The van der Waals surface area contributed by atoms with Crippen molar-refractivity contribution < 1.29 is 9.59 Å². The molecule has 31 heavy (non-hydrogen) atoms. The third kappa shape index (κ3) is 7.59. The van der Waals surface area contributed by atoms with Crippen molar-refractivity contribution in [1.29, 1.82) is 0 Å². The van der Waals surface area contributed by atoms with Crippen LogP contribution in [0.2, 0.25) is 0 Å². The van der Waals surface area contributed by atoms with E-state index in [1.807, 2.05) is 42.5 Å². The van der Waals surface area contributed by atoms with Crippen molar-refractivity contribution >= 4 is 36.6 Å². The molecule has 0 aliphatic carbocycles. The summed E-state index contributed by atoms with van der Waals surface area (Å²) in [7, 11) is 0. The number of imide groups is 1. The molecule has 170 valence electrons. The van der Waals surface area contributed by atoms with Gasteiger partial charge in [-0.15, -0.1) is 24.8 Å². The van der Waals surface area contributed by atoms with E-state index in [1.54, 1.807) is 0 Å².